The summed E-state index contributed by atoms with van der Waals surface area (Å²) in [5.41, 5.74) is 5.29. The van der Waals surface area contributed by atoms with E-state index in [0.717, 1.165) is 0 Å². The molecule has 2 heterocycles. The smallest absolute Gasteiger partial charge is 0.295 e. The second-order valence-electron chi connectivity index (χ2n) is 2.54. The fourth-order valence-corrected chi connectivity index (χ4v) is 0.894. The Morgan fingerprint density at radius 1 is 1.53 bits per heavy atom. The van der Waals surface area contributed by atoms with Gasteiger partial charge in [-0.2, -0.15) is 9.97 Å². The number of nitrogen functional groups attached to an aromatic ring is 1. The molecule has 78 valence electrons. The molecule has 0 bridgehead atoms. The maximum atomic E-state index is 11.1. The highest BCUT2D eigenvalue weighted by atomic mass is 16.5. The standard InChI is InChI=1S/C6H7N7O2/c1-8-4(14)2-9-5(15-13-2)3-10-6(7)12-11-3/h1H3,(H,8,14)(H3,7,10,11,12). The van der Waals surface area contributed by atoms with Gasteiger partial charge in [-0.1, -0.05) is 5.16 Å². The van der Waals surface area contributed by atoms with Gasteiger partial charge in [-0.15, -0.1) is 5.10 Å². The van der Waals surface area contributed by atoms with Gasteiger partial charge >= 0.3 is 0 Å². The quantitative estimate of drug-likeness (QED) is 0.564. The van der Waals surface area contributed by atoms with Crippen LogP contribution in [0.5, 0.6) is 0 Å². The van der Waals surface area contributed by atoms with Gasteiger partial charge in [0.1, 0.15) is 0 Å². The molecule has 0 aliphatic rings. The molecule has 0 atom stereocenters. The molecule has 0 saturated carbocycles. The van der Waals surface area contributed by atoms with Crippen LogP contribution in [0.15, 0.2) is 4.52 Å². The van der Waals surface area contributed by atoms with E-state index in [2.05, 4.69) is 30.6 Å². The summed E-state index contributed by atoms with van der Waals surface area (Å²) >= 11 is 0. The lowest BCUT2D eigenvalue weighted by molar-refractivity contribution is 0.0950. The number of amides is 1. The van der Waals surface area contributed by atoms with E-state index in [1.165, 1.54) is 7.05 Å². The van der Waals surface area contributed by atoms with Gasteiger partial charge in [0, 0.05) is 7.05 Å². The van der Waals surface area contributed by atoms with Gasteiger partial charge in [-0.25, -0.2) is 0 Å². The number of nitrogens with two attached hydrogens (primary N) is 1. The summed E-state index contributed by atoms with van der Waals surface area (Å²) in [5, 5.41) is 11.9. The zero-order chi connectivity index (χ0) is 10.8. The summed E-state index contributed by atoms with van der Waals surface area (Å²) in [7, 11) is 1.46. The zero-order valence-corrected chi connectivity index (χ0v) is 7.68. The van der Waals surface area contributed by atoms with Crippen molar-refractivity contribution < 1.29 is 9.32 Å². The number of rotatable bonds is 2. The maximum Gasteiger partial charge on any atom is 0.295 e. The Morgan fingerprint density at radius 3 is 2.93 bits per heavy atom. The van der Waals surface area contributed by atoms with Crippen molar-refractivity contribution in [3.8, 4) is 11.7 Å². The van der Waals surface area contributed by atoms with Crippen LogP contribution in [0.1, 0.15) is 10.6 Å². The number of aromatic amines is 1. The Bertz CT molecular complexity index is 487. The van der Waals surface area contributed by atoms with Gasteiger partial charge in [0.05, 0.1) is 0 Å². The monoisotopic (exact) mass is 209 g/mol. The molecule has 0 saturated heterocycles. The number of nitrogens with zero attached hydrogens (tertiary/aromatic N) is 4. The molecule has 0 aliphatic heterocycles. The predicted molar refractivity (Wildman–Crippen MR) is 47.5 cm³/mol. The second-order valence-corrected chi connectivity index (χ2v) is 2.54. The van der Waals surface area contributed by atoms with E-state index in [1.54, 1.807) is 0 Å². The minimum atomic E-state index is -0.447. The molecule has 0 unspecified atom stereocenters. The van der Waals surface area contributed by atoms with Crippen molar-refractivity contribution in [3.05, 3.63) is 5.82 Å². The van der Waals surface area contributed by atoms with E-state index in [0.29, 0.717) is 0 Å². The Hall–Kier alpha value is -2.45. The van der Waals surface area contributed by atoms with Crippen molar-refractivity contribution in [2.75, 3.05) is 12.8 Å². The first kappa shape index (κ1) is 9.12. The number of carbonyl (C=O) groups is 1. The molecule has 0 aromatic carbocycles. The van der Waals surface area contributed by atoms with Gasteiger partial charge in [-0.05, 0) is 0 Å². The Balaban J connectivity index is 2.31. The lowest BCUT2D eigenvalue weighted by Gasteiger charge is -1.87. The number of nitrogens with one attached hydrogen (secondary N) is 2. The first-order chi connectivity index (χ1) is 7.20. The third-order valence-corrected chi connectivity index (χ3v) is 1.56. The molecule has 0 fully saturated rings. The molecule has 2 aromatic rings. The third-order valence-electron chi connectivity index (χ3n) is 1.56. The molecule has 0 spiro atoms. The van der Waals surface area contributed by atoms with E-state index in [1.807, 2.05) is 0 Å². The molecule has 2 aromatic heterocycles. The minimum Gasteiger partial charge on any atom is -0.366 e. The lowest BCUT2D eigenvalue weighted by Crippen LogP contribution is -2.19. The fraction of sp³-hybridized carbons (Fsp3) is 0.167. The van der Waals surface area contributed by atoms with E-state index in [-0.39, 0.29) is 23.5 Å². The largest absolute Gasteiger partial charge is 0.366 e. The summed E-state index contributed by atoms with van der Waals surface area (Å²) in [4.78, 5) is 18.6. The number of hydrogen-bond donors (Lipinski definition) is 3. The van der Waals surface area contributed by atoms with Crippen LogP contribution in [-0.2, 0) is 0 Å². The Kier molecular flexibility index (Phi) is 2.04. The lowest BCUT2D eigenvalue weighted by atomic mass is 10.5. The predicted octanol–water partition coefficient (Wildman–Crippen LogP) is -1.20. The van der Waals surface area contributed by atoms with Crippen molar-refractivity contribution in [1.82, 2.24) is 30.6 Å². The first-order valence-electron chi connectivity index (χ1n) is 3.94. The molecule has 15 heavy (non-hydrogen) atoms. The van der Waals surface area contributed by atoms with Crippen LogP contribution in [0, 0.1) is 0 Å². The summed E-state index contributed by atoms with van der Waals surface area (Å²) in [6, 6.07) is 0. The molecule has 1 amide bonds. The normalized spacial score (nSPS) is 10.2. The Labute approximate surface area is 83.1 Å². The minimum absolute atomic E-state index is 0.0535. The third kappa shape index (κ3) is 1.61. The molecule has 9 heteroatoms. The average molecular weight is 209 g/mol. The highest BCUT2D eigenvalue weighted by Gasteiger charge is 2.16. The van der Waals surface area contributed by atoms with Crippen LogP contribution in [-0.4, -0.2) is 38.3 Å². The second kappa shape index (κ2) is 3.36. The van der Waals surface area contributed by atoms with Crippen LogP contribution in [0.2, 0.25) is 0 Å². The summed E-state index contributed by atoms with van der Waals surface area (Å²) in [5.74, 6) is -0.197. The van der Waals surface area contributed by atoms with Gasteiger partial charge in [-0.3, -0.25) is 9.89 Å². The number of carbonyl (C=O) groups excluding carboxylic acids is 1. The number of aromatic nitrogens is 5. The van der Waals surface area contributed by atoms with Crippen molar-refractivity contribution in [2.45, 2.75) is 0 Å². The molecule has 4 N–H and O–H groups in total. The highest BCUT2D eigenvalue weighted by Crippen LogP contribution is 2.11. The van der Waals surface area contributed by atoms with Crippen molar-refractivity contribution in [1.29, 1.82) is 0 Å². The molecule has 0 aliphatic carbocycles. The fourth-order valence-electron chi connectivity index (χ4n) is 0.894. The van der Waals surface area contributed by atoms with E-state index in [9.17, 15) is 4.79 Å². The van der Waals surface area contributed by atoms with Crippen molar-refractivity contribution in [2.24, 2.45) is 0 Å². The summed E-state index contributed by atoms with van der Waals surface area (Å²) in [6.07, 6.45) is 0. The summed E-state index contributed by atoms with van der Waals surface area (Å²) < 4.78 is 4.78. The van der Waals surface area contributed by atoms with Gasteiger partial charge in [0.2, 0.25) is 11.8 Å². The van der Waals surface area contributed by atoms with Gasteiger partial charge in [0.15, 0.2) is 0 Å². The molecule has 9 nitrogen and oxygen atoms in total. The molecule has 0 radical (unpaired) electrons. The summed E-state index contributed by atoms with van der Waals surface area (Å²) in [6.45, 7) is 0. The SMILES string of the molecule is CNC(=O)c1noc(-c2nc(N)n[nH]2)n1. The van der Waals surface area contributed by atoms with E-state index >= 15 is 0 Å². The van der Waals surface area contributed by atoms with Gasteiger partial charge in [0.25, 0.3) is 17.6 Å². The maximum absolute atomic E-state index is 11.1. The van der Waals surface area contributed by atoms with Crippen LogP contribution in [0.25, 0.3) is 11.7 Å². The van der Waals surface area contributed by atoms with Crippen molar-refractivity contribution >= 4 is 11.9 Å². The highest BCUT2D eigenvalue weighted by molar-refractivity contribution is 5.90. The van der Waals surface area contributed by atoms with E-state index in [4.69, 9.17) is 10.3 Å². The number of H-pyrrole nitrogens is 1. The van der Waals surface area contributed by atoms with Crippen molar-refractivity contribution in [3.63, 3.8) is 0 Å². The first-order valence-corrected chi connectivity index (χ1v) is 3.94. The molecule has 2 rings (SSSR count). The zero-order valence-electron chi connectivity index (χ0n) is 7.68. The van der Waals surface area contributed by atoms with Gasteiger partial charge < -0.3 is 15.6 Å². The number of anilines is 1. The topological polar surface area (TPSA) is 136 Å². The number of hydrogen-bond acceptors (Lipinski definition) is 7. The average Bonchev–Trinajstić information content (AvgIpc) is 2.84. The van der Waals surface area contributed by atoms with E-state index < -0.39 is 5.91 Å². The molecular formula is C6H7N7O2. The van der Waals surface area contributed by atoms with Crippen LogP contribution in [0.3, 0.4) is 0 Å². The molecular weight excluding hydrogens is 202 g/mol. The van der Waals surface area contributed by atoms with Crippen LogP contribution < -0.4 is 11.1 Å². The Morgan fingerprint density at radius 2 is 2.33 bits per heavy atom. The van der Waals surface area contributed by atoms with Crippen LogP contribution >= 0.6 is 0 Å². The van der Waals surface area contributed by atoms with Crippen LogP contribution in [0.4, 0.5) is 5.95 Å².